The van der Waals surface area contributed by atoms with Gasteiger partial charge in [0.25, 0.3) is 0 Å². The Morgan fingerprint density at radius 3 is 2.76 bits per heavy atom. The zero-order valence-corrected chi connectivity index (χ0v) is 13.0. The third-order valence-electron chi connectivity index (χ3n) is 3.07. The average molecular weight is 306 g/mol. The fraction of sp³-hybridized carbons (Fsp3) is 0.357. The van der Waals surface area contributed by atoms with Crippen LogP contribution in [0.25, 0.3) is 0 Å². The highest BCUT2D eigenvalue weighted by molar-refractivity contribution is 7.10. The molecule has 0 fully saturated rings. The second kappa shape index (κ2) is 6.53. The third kappa shape index (κ3) is 3.91. The molecule has 0 spiro atoms. The normalized spacial score (nSPS) is 12.0. The number of anilines is 1. The van der Waals surface area contributed by atoms with E-state index in [1.807, 2.05) is 24.4 Å². The SMILES string of the molecule is Cc1nn(C)cc1NC(=O)C(=O)NC[C@H](C)c1cccs1. The maximum absolute atomic E-state index is 11.8. The van der Waals surface area contributed by atoms with Crippen LogP contribution in [0.3, 0.4) is 0 Å². The van der Waals surface area contributed by atoms with Crippen molar-refractivity contribution >= 4 is 28.8 Å². The van der Waals surface area contributed by atoms with Crippen molar-refractivity contribution in [1.82, 2.24) is 15.1 Å². The van der Waals surface area contributed by atoms with Crippen molar-refractivity contribution in [2.24, 2.45) is 7.05 Å². The maximum atomic E-state index is 11.8. The summed E-state index contributed by atoms with van der Waals surface area (Å²) in [4.78, 5) is 24.8. The minimum absolute atomic E-state index is 0.182. The number of nitrogens with one attached hydrogen (secondary N) is 2. The summed E-state index contributed by atoms with van der Waals surface area (Å²) in [6.45, 7) is 4.21. The molecule has 0 saturated heterocycles. The van der Waals surface area contributed by atoms with E-state index in [2.05, 4.69) is 15.7 Å². The molecule has 2 N–H and O–H groups in total. The van der Waals surface area contributed by atoms with Gasteiger partial charge in [0.2, 0.25) is 0 Å². The Balaban J connectivity index is 1.85. The van der Waals surface area contributed by atoms with Gasteiger partial charge < -0.3 is 10.6 Å². The number of carbonyl (C=O) groups excluding carboxylic acids is 2. The molecule has 21 heavy (non-hydrogen) atoms. The van der Waals surface area contributed by atoms with Gasteiger partial charge in [-0.05, 0) is 18.4 Å². The lowest BCUT2D eigenvalue weighted by Crippen LogP contribution is -2.37. The van der Waals surface area contributed by atoms with Gasteiger partial charge in [0, 0.05) is 30.6 Å². The minimum atomic E-state index is -0.676. The van der Waals surface area contributed by atoms with E-state index < -0.39 is 11.8 Å². The molecule has 2 heterocycles. The highest BCUT2D eigenvalue weighted by Gasteiger charge is 2.17. The molecule has 2 aromatic heterocycles. The molecule has 112 valence electrons. The molecule has 0 aliphatic heterocycles. The topological polar surface area (TPSA) is 76.0 Å². The van der Waals surface area contributed by atoms with Crippen LogP contribution >= 0.6 is 11.3 Å². The van der Waals surface area contributed by atoms with Crippen LogP contribution in [0.2, 0.25) is 0 Å². The number of amides is 2. The van der Waals surface area contributed by atoms with Crippen molar-refractivity contribution in [3.63, 3.8) is 0 Å². The molecule has 2 aromatic rings. The van der Waals surface area contributed by atoms with E-state index in [4.69, 9.17) is 0 Å². The van der Waals surface area contributed by atoms with Crippen LogP contribution in [-0.4, -0.2) is 28.1 Å². The number of aromatic nitrogens is 2. The van der Waals surface area contributed by atoms with Crippen LogP contribution in [0.15, 0.2) is 23.7 Å². The molecule has 0 saturated carbocycles. The first-order valence-electron chi connectivity index (χ1n) is 6.60. The van der Waals surface area contributed by atoms with E-state index in [9.17, 15) is 9.59 Å². The predicted octanol–water partition coefficient (Wildman–Crippen LogP) is 1.65. The maximum Gasteiger partial charge on any atom is 0.313 e. The van der Waals surface area contributed by atoms with Crippen molar-refractivity contribution in [3.05, 3.63) is 34.3 Å². The monoisotopic (exact) mass is 306 g/mol. The molecule has 0 aliphatic carbocycles. The van der Waals surface area contributed by atoms with Gasteiger partial charge in [-0.25, -0.2) is 0 Å². The first-order chi connectivity index (χ1) is 9.97. The Morgan fingerprint density at radius 2 is 2.19 bits per heavy atom. The van der Waals surface area contributed by atoms with Gasteiger partial charge >= 0.3 is 11.8 Å². The number of carbonyl (C=O) groups is 2. The van der Waals surface area contributed by atoms with Crippen molar-refractivity contribution in [2.75, 3.05) is 11.9 Å². The second-order valence-electron chi connectivity index (χ2n) is 4.88. The molecular weight excluding hydrogens is 288 g/mol. The van der Waals surface area contributed by atoms with Crippen LogP contribution in [0, 0.1) is 6.92 Å². The van der Waals surface area contributed by atoms with E-state index in [1.165, 1.54) is 4.88 Å². The second-order valence-corrected chi connectivity index (χ2v) is 5.86. The Morgan fingerprint density at radius 1 is 1.43 bits per heavy atom. The van der Waals surface area contributed by atoms with Crippen LogP contribution < -0.4 is 10.6 Å². The lowest BCUT2D eigenvalue weighted by molar-refractivity contribution is -0.136. The summed E-state index contributed by atoms with van der Waals surface area (Å²) in [5, 5.41) is 11.3. The quantitative estimate of drug-likeness (QED) is 0.843. The molecule has 0 aromatic carbocycles. The van der Waals surface area contributed by atoms with Crippen molar-refractivity contribution in [3.8, 4) is 0 Å². The van der Waals surface area contributed by atoms with E-state index in [1.54, 1.807) is 36.2 Å². The predicted molar refractivity (Wildman–Crippen MR) is 82.3 cm³/mol. The number of nitrogens with zero attached hydrogens (tertiary/aromatic N) is 2. The zero-order chi connectivity index (χ0) is 15.4. The molecule has 7 heteroatoms. The molecule has 2 amide bonds. The van der Waals surface area contributed by atoms with Crippen LogP contribution in [0.1, 0.15) is 23.4 Å². The number of hydrogen-bond acceptors (Lipinski definition) is 4. The molecule has 1 atom stereocenters. The van der Waals surface area contributed by atoms with E-state index >= 15 is 0 Å². The molecule has 0 bridgehead atoms. The Kier molecular flexibility index (Phi) is 4.74. The summed E-state index contributed by atoms with van der Waals surface area (Å²) in [6, 6.07) is 3.98. The molecular formula is C14H18N4O2S. The summed E-state index contributed by atoms with van der Waals surface area (Å²) >= 11 is 1.64. The fourth-order valence-corrected chi connectivity index (χ4v) is 2.69. The van der Waals surface area contributed by atoms with Crippen LogP contribution in [0.4, 0.5) is 5.69 Å². The van der Waals surface area contributed by atoms with Gasteiger partial charge in [-0.3, -0.25) is 14.3 Å². The highest BCUT2D eigenvalue weighted by atomic mass is 32.1. The van der Waals surface area contributed by atoms with Gasteiger partial charge in [-0.1, -0.05) is 13.0 Å². The van der Waals surface area contributed by atoms with Gasteiger partial charge in [-0.2, -0.15) is 5.10 Å². The Bertz CT molecular complexity index is 633. The minimum Gasteiger partial charge on any atom is -0.347 e. The molecule has 0 radical (unpaired) electrons. The summed E-state index contributed by atoms with van der Waals surface area (Å²) in [6.07, 6.45) is 1.66. The van der Waals surface area contributed by atoms with Gasteiger partial charge in [0.05, 0.1) is 11.4 Å². The number of thiophene rings is 1. The number of hydrogen-bond donors (Lipinski definition) is 2. The first kappa shape index (κ1) is 15.2. The summed E-state index contributed by atoms with van der Waals surface area (Å²) in [5.41, 5.74) is 1.22. The van der Waals surface area contributed by atoms with Gasteiger partial charge in [0.15, 0.2) is 0 Å². The molecule has 0 unspecified atom stereocenters. The zero-order valence-electron chi connectivity index (χ0n) is 12.2. The lowest BCUT2D eigenvalue weighted by Gasteiger charge is -2.10. The third-order valence-corrected chi connectivity index (χ3v) is 4.17. The Labute approximate surface area is 127 Å². The molecule has 6 nitrogen and oxygen atoms in total. The fourth-order valence-electron chi connectivity index (χ4n) is 1.90. The van der Waals surface area contributed by atoms with E-state index in [-0.39, 0.29) is 5.92 Å². The standard InChI is InChI=1S/C14H18N4O2S/c1-9(12-5-4-6-21-12)7-15-13(19)14(20)16-11-8-18(3)17-10(11)2/h4-6,8-9H,7H2,1-3H3,(H,15,19)(H,16,20)/t9-/m0/s1. The molecule has 2 rings (SSSR count). The van der Waals surface area contributed by atoms with Crippen molar-refractivity contribution < 1.29 is 9.59 Å². The highest BCUT2D eigenvalue weighted by Crippen LogP contribution is 2.19. The Hall–Kier alpha value is -2.15. The summed E-state index contributed by atoms with van der Waals surface area (Å²) in [5.74, 6) is -1.13. The van der Waals surface area contributed by atoms with Gasteiger partial charge in [0.1, 0.15) is 0 Å². The van der Waals surface area contributed by atoms with E-state index in [0.717, 1.165) is 0 Å². The van der Waals surface area contributed by atoms with Crippen LogP contribution in [-0.2, 0) is 16.6 Å². The lowest BCUT2D eigenvalue weighted by atomic mass is 10.1. The number of aryl methyl sites for hydroxylation is 2. The largest absolute Gasteiger partial charge is 0.347 e. The van der Waals surface area contributed by atoms with Crippen LogP contribution in [0.5, 0.6) is 0 Å². The smallest absolute Gasteiger partial charge is 0.313 e. The first-order valence-corrected chi connectivity index (χ1v) is 7.48. The van der Waals surface area contributed by atoms with E-state index in [0.29, 0.717) is 17.9 Å². The van der Waals surface area contributed by atoms with Crippen molar-refractivity contribution in [2.45, 2.75) is 19.8 Å². The van der Waals surface area contributed by atoms with Crippen molar-refractivity contribution in [1.29, 1.82) is 0 Å². The van der Waals surface area contributed by atoms with Gasteiger partial charge in [-0.15, -0.1) is 11.3 Å². The summed E-state index contributed by atoms with van der Waals surface area (Å²) < 4.78 is 1.59. The number of rotatable bonds is 4. The molecule has 0 aliphatic rings. The summed E-state index contributed by atoms with van der Waals surface area (Å²) in [7, 11) is 1.76. The average Bonchev–Trinajstić information content (AvgIpc) is 3.06.